The third-order valence-corrected chi connectivity index (χ3v) is 5.37. The third-order valence-electron chi connectivity index (χ3n) is 5.37. The van der Waals surface area contributed by atoms with E-state index >= 15 is 0 Å². The smallest absolute Gasteiger partial charge is 0.0476 e. The van der Waals surface area contributed by atoms with Gasteiger partial charge in [-0.2, -0.15) is 0 Å². The van der Waals surface area contributed by atoms with Gasteiger partial charge in [-0.05, 0) is 31.2 Å². The second-order valence-corrected chi connectivity index (χ2v) is 7.94. The molecule has 1 N–H and O–H groups in total. The molecule has 0 aromatic heterocycles. The van der Waals surface area contributed by atoms with Gasteiger partial charge in [-0.1, -0.05) is 58.0 Å². The molecule has 1 aliphatic rings. The number of piperazine rings is 1. The van der Waals surface area contributed by atoms with Crippen LogP contribution in [0.5, 0.6) is 0 Å². The molecule has 1 heterocycles. The van der Waals surface area contributed by atoms with Gasteiger partial charge < -0.3 is 5.32 Å². The molecule has 2 rings (SSSR count). The molecule has 1 aromatic rings. The Hall–Kier alpha value is -0.860. The van der Waals surface area contributed by atoms with Crippen LogP contribution in [0, 0.1) is 5.41 Å². The van der Waals surface area contributed by atoms with E-state index in [-0.39, 0.29) is 5.54 Å². The van der Waals surface area contributed by atoms with Crippen molar-refractivity contribution in [3.8, 4) is 0 Å². The van der Waals surface area contributed by atoms with E-state index in [0.717, 1.165) is 13.1 Å². The van der Waals surface area contributed by atoms with Crippen molar-refractivity contribution in [1.82, 2.24) is 10.2 Å². The number of hydrogen-bond donors (Lipinski definition) is 1. The van der Waals surface area contributed by atoms with Crippen LogP contribution in [0.2, 0.25) is 0 Å². The first-order valence-electron chi connectivity index (χ1n) is 8.32. The molecule has 2 nitrogen and oxygen atoms in total. The molecule has 1 aliphatic heterocycles. The normalized spacial score (nSPS) is 29.3. The van der Waals surface area contributed by atoms with Crippen LogP contribution in [-0.4, -0.2) is 29.6 Å². The van der Waals surface area contributed by atoms with Gasteiger partial charge in [0.1, 0.15) is 0 Å². The summed E-state index contributed by atoms with van der Waals surface area (Å²) in [6.07, 6.45) is 1.17. The molecule has 3 atom stereocenters. The van der Waals surface area contributed by atoms with Gasteiger partial charge in [0.25, 0.3) is 0 Å². The molecular weight excluding hydrogens is 256 g/mol. The maximum atomic E-state index is 3.79. The van der Waals surface area contributed by atoms with Gasteiger partial charge >= 0.3 is 0 Å². The number of hydrogen-bond acceptors (Lipinski definition) is 2. The highest BCUT2D eigenvalue weighted by atomic mass is 15.3. The van der Waals surface area contributed by atoms with Crippen LogP contribution in [0.15, 0.2) is 30.3 Å². The van der Waals surface area contributed by atoms with Crippen LogP contribution in [0.1, 0.15) is 59.6 Å². The fourth-order valence-electron chi connectivity index (χ4n) is 3.16. The highest BCUT2D eigenvalue weighted by molar-refractivity contribution is 5.21. The SMILES string of the molecule is CCC1(C)CN(C(C)C(C)(C)C)C(c2ccccc2)CN1. The minimum atomic E-state index is 0.227. The van der Waals surface area contributed by atoms with Crippen molar-refractivity contribution >= 4 is 0 Å². The molecule has 1 saturated heterocycles. The Kier molecular flexibility index (Phi) is 4.79. The highest BCUT2D eigenvalue weighted by Crippen LogP contribution is 2.35. The molecule has 0 bridgehead atoms. The molecule has 3 unspecified atom stereocenters. The number of rotatable bonds is 3. The van der Waals surface area contributed by atoms with Gasteiger partial charge in [0, 0.05) is 30.7 Å². The molecular formula is C19H32N2. The Bertz CT molecular complexity index is 448. The van der Waals surface area contributed by atoms with Crippen LogP contribution in [0.3, 0.4) is 0 Å². The molecule has 1 fully saturated rings. The van der Waals surface area contributed by atoms with E-state index in [1.807, 2.05) is 0 Å². The van der Waals surface area contributed by atoms with Crippen LogP contribution >= 0.6 is 0 Å². The summed E-state index contributed by atoms with van der Waals surface area (Å²) in [6, 6.07) is 12.0. The number of nitrogens with zero attached hydrogens (tertiary/aromatic N) is 1. The van der Waals surface area contributed by atoms with Gasteiger partial charge in [-0.3, -0.25) is 4.90 Å². The van der Waals surface area contributed by atoms with Crippen molar-refractivity contribution in [2.75, 3.05) is 13.1 Å². The summed E-state index contributed by atoms with van der Waals surface area (Å²) in [5.74, 6) is 0. The molecule has 0 radical (unpaired) electrons. The van der Waals surface area contributed by atoms with Gasteiger partial charge in [0.2, 0.25) is 0 Å². The first-order valence-corrected chi connectivity index (χ1v) is 8.32. The zero-order valence-corrected chi connectivity index (χ0v) is 14.6. The fourth-order valence-corrected chi connectivity index (χ4v) is 3.16. The summed E-state index contributed by atoms with van der Waals surface area (Å²) in [4.78, 5) is 2.72. The van der Waals surface area contributed by atoms with Crippen molar-refractivity contribution in [2.45, 2.75) is 65.6 Å². The van der Waals surface area contributed by atoms with Gasteiger partial charge in [-0.25, -0.2) is 0 Å². The Morgan fingerprint density at radius 2 is 1.90 bits per heavy atom. The lowest BCUT2D eigenvalue weighted by atomic mass is 9.82. The summed E-state index contributed by atoms with van der Waals surface area (Å²) >= 11 is 0. The van der Waals surface area contributed by atoms with E-state index in [2.05, 4.69) is 82.1 Å². The Balaban J connectivity index is 2.31. The second kappa shape index (κ2) is 6.10. The zero-order valence-electron chi connectivity index (χ0n) is 14.6. The topological polar surface area (TPSA) is 15.3 Å². The van der Waals surface area contributed by atoms with Crippen molar-refractivity contribution in [3.05, 3.63) is 35.9 Å². The average molecular weight is 288 g/mol. The molecule has 0 amide bonds. The molecule has 0 saturated carbocycles. The third kappa shape index (κ3) is 3.67. The van der Waals surface area contributed by atoms with Crippen LogP contribution < -0.4 is 5.32 Å². The quantitative estimate of drug-likeness (QED) is 0.895. The Labute approximate surface area is 130 Å². The van der Waals surface area contributed by atoms with Crippen LogP contribution in [0.4, 0.5) is 0 Å². The summed E-state index contributed by atoms with van der Waals surface area (Å²) in [6.45, 7) is 16.2. The monoisotopic (exact) mass is 288 g/mol. The lowest BCUT2D eigenvalue weighted by Crippen LogP contribution is -2.62. The zero-order chi connectivity index (χ0) is 15.7. The highest BCUT2D eigenvalue weighted by Gasteiger charge is 2.40. The van der Waals surface area contributed by atoms with E-state index in [9.17, 15) is 0 Å². The average Bonchev–Trinajstić information content (AvgIpc) is 2.46. The van der Waals surface area contributed by atoms with Gasteiger partial charge in [-0.15, -0.1) is 0 Å². The van der Waals surface area contributed by atoms with E-state index in [4.69, 9.17) is 0 Å². The molecule has 0 aliphatic carbocycles. The molecule has 1 aromatic carbocycles. The minimum Gasteiger partial charge on any atom is -0.308 e. The largest absolute Gasteiger partial charge is 0.308 e. The lowest BCUT2D eigenvalue weighted by molar-refractivity contribution is 0.00900. The second-order valence-electron chi connectivity index (χ2n) is 7.94. The van der Waals surface area contributed by atoms with Crippen LogP contribution in [0.25, 0.3) is 0 Å². The number of nitrogens with one attached hydrogen (secondary N) is 1. The van der Waals surface area contributed by atoms with E-state index < -0.39 is 0 Å². The summed E-state index contributed by atoms with van der Waals surface area (Å²) in [5, 5.41) is 3.79. The standard InChI is InChI=1S/C19H32N2/c1-7-19(6)14-21(15(2)18(3,4)5)17(13-20-19)16-11-9-8-10-12-16/h8-12,15,17,20H,7,13-14H2,1-6H3. The van der Waals surface area contributed by atoms with Gasteiger partial charge in [0.05, 0.1) is 0 Å². The van der Waals surface area contributed by atoms with Gasteiger partial charge in [0.15, 0.2) is 0 Å². The van der Waals surface area contributed by atoms with Crippen molar-refractivity contribution in [1.29, 1.82) is 0 Å². The first kappa shape index (κ1) is 16.5. The van der Waals surface area contributed by atoms with Crippen molar-refractivity contribution in [2.24, 2.45) is 5.41 Å². The molecule has 118 valence electrons. The maximum absolute atomic E-state index is 3.79. The van der Waals surface area contributed by atoms with Crippen LogP contribution in [-0.2, 0) is 0 Å². The Morgan fingerprint density at radius 3 is 2.43 bits per heavy atom. The lowest BCUT2D eigenvalue weighted by Gasteiger charge is -2.51. The predicted molar refractivity (Wildman–Crippen MR) is 91.5 cm³/mol. The van der Waals surface area contributed by atoms with Crippen molar-refractivity contribution in [3.63, 3.8) is 0 Å². The molecule has 0 spiro atoms. The van der Waals surface area contributed by atoms with E-state index in [1.165, 1.54) is 12.0 Å². The molecule has 21 heavy (non-hydrogen) atoms. The van der Waals surface area contributed by atoms with E-state index in [1.54, 1.807) is 0 Å². The minimum absolute atomic E-state index is 0.227. The van der Waals surface area contributed by atoms with Crippen molar-refractivity contribution < 1.29 is 0 Å². The predicted octanol–water partition coefficient (Wildman–Crippen LogP) is 4.24. The first-order chi connectivity index (χ1) is 9.77. The summed E-state index contributed by atoms with van der Waals surface area (Å²) in [7, 11) is 0. The Morgan fingerprint density at radius 1 is 1.29 bits per heavy atom. The molecule has 2 heteroatoms. The summed E-state index contributed by atoms with van der Waals surface area (Å²) in [5.41, 5.74) is 1.95. The van der Waals surface area contributed by atoms with E-state index in [0.29, 0.717) is 17.5 Å². The number of benzene rings is 1. The maximum Gasteiger partial charge on any atom is 0.0476 e. The summed E-state index contributed by atoms with van der Waals surface area (Å²) < 4.78 is 0. The fraction of sp³-hybridized carbons (Fsp3) is 0.684.